The number of hydrogen-bond donors (Lipinski definition) is 0. The Kier molecular flexibility index (Phi) is 21.6. The predicted molar refractivity (Wildman–Crippen MR) is 227 cm³/mol. The lowest BCUT2D eigenvalue weighted by molar-refractivity contribution is 0.304. The third-order valence-corrected chi connectivity index (χ3v) is 22.7. The number of fused-ring (bicyclic) bond motifs is 3. The van der Waals surface area contributed by atoms with Gasteiger partial charge in [-0.1, -0.05) is 155 Å². The van der Waals surface area contributed by atoms with Crippen molar-refractivity contribution in [1.82, 2.24) is 0 Å². The van der Waals surface area contributed by atoms with Gasteiger partial charge in [0, 0.05) is 0 Å². The minimum Gasteiger partial charge on any atom is -0.493 e. The summed E-state index contributed by atoms with van der Waals surface area (Å²) in [5.41, 5.74) is 5.49. The fourth-order valence-corrected chi connectivity index (χ4v) is 20.3. The first kappa shape index (κ1) is 42.4. The molecule has 3 rings (SSSR count). The van der Waals surface area contributed by atoms with Gasteiger partial charge in [0.2, 0.25) is 6.37 Å². The van der Waals surface area contributed by atoms with Crippen molar-refractivity contribution in [1.29, 1.82) is 0 Å². The molecule has 0 unspecified atom stereocenters. The lowest BCUT2D eigenvalue weighted by Crippen LogP contribution is -2.50. The van der Waals surface area contributed by atoms with Crippen molar-refractivity contribution in [2.45, 2.75) is 183 Å². The van der Waals surface area contributed by atoms with Gasteiger partial charge in [0.15, 0.2) is 0 Å². The van der Waals surface area contributed by atoms with Crippen LogP contribution in [0.1, 0.15) is 180 Å². The molecule has 0 radical (unpaired) electrons. The normalized spacial score (nSPS) is 13.1. The van der Waals surface area contributed by atoms with E-state index in [2.05, 4.69) is 88.2 Å². The summed E-state index contributed by atoms with van der Waals surface area (Å²) in [6.07, 6.45) is 27.2. The van der Waals surface area contributed by atoms with E-state index >= 15 is 0 Å². The van der Waals surface area contributed by atoms with E-state index in [1.54, 1.807) is 10.4 Å². The van der Waals surface area contributed by atoms with Crippen molar-refractivity contribution in [3.8, 4) is 22.6 Å². The zero-order chi connectivity index (χ0) is 35.2. The van der Waals surface area contributed by atoms with Gasteiger partial charge < -0.3 is 9.47 Å². The minimum atomic E-state index is -2.12. The fraction of sp³-hybridized carbons (Fsp3) is 0.727. The van der Waals surface area contributed by atoms with Crippen molar-refractivity contribution in [3.05, 3.63) is 35.4 Å². The first-order chi connectivity index (χ1) is 24.0. The van der Waals surface area contributed by atoms with Gasteiger partial charge in [-0.3, -0.25) is 0 Å². The molecule has 0 N–H and O–H groups in total. The third-order valence-electron chi connectivity index (χ3n) is 10.2. The average molecular weight is 727 g/mol. The van der Waals surface area contributed by atoms with Crippen molar-refractivity contribution in [2.75, 3.05) is 24.7 Å². The first-order valence-corrected chi connectivity index (χ1v) is 26.3. The summed E-state index contributed by atoms with van der Waals surface area (Å²) in [5.74, 6) is 4.70. The van der Waals surface area contributed by atoms with Crippen LogP contribution in [-0.4, -0.2) is 31.1 Å². The van der Waals surface area contributed by atoms with E-state index in [4.69, 9.17) is 9.47 Å². The van der Waals surface area contributed by atoms with Crippen LogP contribution in [-0.2, 0) is 0 Å². The molecule has 1 heterocycles. The lowest BCUT2D eigenvalue weighted by atomic mass is 10.0. The second-order valence-corrected chi connectivity index (χ2v) is 24.6. The first-order valence-electron chi connectivity index (χ1n) is 20.9. The van der Waals surface area contributed by atoms with E-state index in [0.29, 0.717) is 0 Å². The van der Waals surface area contributed by atoms with E-state index in [9.17, 15) is 0 Å². The highest BCUT2D eigenvalue weighted by Gasteiger charge is 2.48. The molecule has 2 aromatic rings. The largest absolute Gasteiger partial charge is 0.493 e. The summed E-state index contributed by atoms with van der Waals surface area (Å²) in [7, 11) is 0. The molecule has 0 aliphatic carbocycles. The standard InChI is InChI=1S/C44H74O2S2Si/c1-7-11-15-17-19-21-23-27-31-47-49(48-32-28-24-22-20-18-16-12-8-2)43-33-37(5)41(45-29-25-13-9-3)35-39(43)40-36-42(38(6)34-44(40)49)46-30-26-14-10-4/h33-36H,7-32H2,1-6H3. The Morgan fingerprint density at radius 3 is 1.12 bits per heavy atom. The van der Waals surface area contributed by atoms with Crippen LogP contribution in [0.25, 0.3) is 11.1 Å². The molecule has 278 valence electrons. The molecule has 0 fully saturated rings. The summed E-state index contributed by atoms with van der Waals surface area (Å²) in [4.78, 5) is 0. The van der Waals surface area contributed by atoms with Crippen LogP contribution in [0.15, 0.2) is 24.3 Å². The van der Waals surface area contributed by atoms with Crippen LogP contribution in [0.4, 0.5) is 0 Å². The molecule has 5 heteroatoms. The maximum absolute atomic E-state index is 6.48. The van der Waals surface area contributed by atoms with Gasteiger partial charge in [0.25, 0.3) is 0 Å². The Bertz CT molecular complexity index is 1090. The maximum atomic E-state index is 6.48. The molecule has 2 aromatic carbocycles. The van der Waals surface area contributed by atoms with Gasteiger partial charge in [0.05, 0.1) is 13.2 Å². The summed E-state index contributed by atoms with van der Waals surface area (Å²) in [5, 5.41) is 3.27. The van der Waals surface area contributed by atoms with Crippen LogP contribution < -0.4 is 19.8 Å². The Morgan fingerprint density at radius 1 is 0.429 bits per heavy atom. The van der Waals surface area contributed by atoms with Gasteiger partial charge in [-0.05, 0) is 95.8 Å². The van der Waals surface area contributed by atoms with E-state index in [0.717, 1.165) is 37.6 Å². The molecule has 0 saturated carbocycles. The number of hydrogen-bond acceptors (Lipinski definition) is 4. The molecule has 2 nitrogen and oxygen atoms in total. The van der Waals surface area contributed by atoms with Crippen LogP contribution in [0.3, 0.4) is 0 Å². The zero-order valence-electron chi connectivity index (χ0n) is 32.8. The van der Waals surface area contributed by atoms with Crippen LogP contribution in [0, 0.1) is 13.8 Å². The average Bonchev–Trinajstić information content (AvgIpc) is 3.34. The smallest absolute Gasteiger partial charge is 0.240 e. The number of rotatable bonds is 30. The maximum Gasteiger partial charge on any atom is 0.240 e. The topological polar surface area (TPSA) is 18.5 Å². The molecular formula is C44H74O2S2Si. The van der Waals surface area contributed by atoms with Gasteiger partial charge in [-0.25, -0.2) is 0 Å². The lowest BCUT2D eigenvalue weighted by Gasteiger charge is -2.29. The molecule has 0 atom stereocenters. The van der Waals surface area contributed by atoms with Crippen molar-refractivity contribution in [3.63, 3.8) is 0 Å². The van der Waals surface area contributed by atoms with Crippen LogP contribution in [0.5, 0.6) is 11.5 Å². The molecule has 0 amide bonds. The Hall–Kier alpha value is -1.04. The van der Waals surface area contributed by atoms with E-state index in [-0.39, 0.29) is 0 Å². The highest BCUT2D eigenvalue weighted by atomic mass is 32.6. The van der Waals surface area contributed by atoms with E-state index < -0.39 is 6.37 Å². The van der Waals surface area contributed by atoms with Gasteiger partial charge in [-0.2, -0.15) is 22.4 Å². The van der Waals surface area contributed by atoms with E-state index in [1.807, 2.05) is 0 Å². The van der Waals surface area contributed by atoms with Gasteiger partial charge in [-0.15, -0.1) is 0 Å². The van der Waals surface area contributed by atoms with Gasteiger partial charge in [0.1, 0.15) is 11.5 Å². The zero-order valence-corrected chi connectivity index (χ0v) is 35.5. The number of benzene rings is 2. The number of ether oxygens (including phenoxy) is 2. The monoisotopic (exact) mass is 726 g/mol. The molecule has 1 aliphatic rings. The molecule has 49 heavy (non-hydrogen) atoms. The van der Waals surface area contributed by atoms with Crippen LogP contribution in [0.2, 0.25) is 0 Å². The summed E-state index contributed by atoms with van der Waals surface area (Å²) >= 11 is 4.73. The van der Waals surface area contributed by atoms with Crippen LogP contribution >= 0.6 is 22.4 Å². The summed E-state index contributed by atoms with van der Waals surface area (Å²) in [6.45, 7) is 15.4. The quantitative estimate of drug-likeness (QED) is 0.0589. The molecular weight excluding hydrogens is 653 g/mol. The second kappa shape index (κ2) is 25.0. The number of unbranched alkanes of at least 4 members (excludes halogenated alkanes) is 18. The SMILES string of the molecule is CCCCCCCCCCS[Si]1(SCCCCCCCCCC)c2cc(C)c(OCCCCC)cc2-c2cc(OCCCCC)c(C)cc21. The second-order valence-electron chi connectivity index (χ2n) is 14.7. The van der Waals surface area contributed by atoms with Crippen molar-refractivity contribution >= 4 is 39.2 Å². The highest BCUT2D eigenvalue weighted by Crippen LogP contribution is 2.45. The highest BCUT2D eigenvalue weighted by molar-refractivity contribution is 8.61. The Balaban J connectivity index is 1.88. The number of aryl methyl sites for hydroxylation is 2. The Morgan fingerprint density at radius 2 is 0.755 bits per heavy atom. The molecule has 0 spiro atoms. The predicted octanol–water partition coefficient (Wildman–Crippen LogP) is 13.7. The molecule has 1 aliphatic heterocycles. The van der Waals surface area contributed by atoms with E-state index in [1.165, 1.54) is 162 Å². The minimum absolute atomic E-state index is 0.809. The summed E-state index contributed by atoms with van der Waals surface area (Å²) < 4.78 is 13.0. The molecule has 0 saturated heterocycles. The van der Waals surface area contributed by atoms with Crippen molar-refractivity contribution < 1.29 is 9.47 Å². The fourth-order valence-electron chi connectivity index (χ4n) is 7.15. The molecule has 0 aromatic heterocycles. The third kappa shape index (κ3) is 13.8. The van der Waals surface area contributed by atoms with Gasteiger partial charge >= 0.3 is 0 Å². The van der Waals surface area contributed by atoms with Crippen molar-refractivity contribution in [2.24, 2.45) is 0 Å². The Labute approximate surface area is 312 Å². The summed E-state index contributed by atoms with van der Waals surface area (Å²) in [6, 6.07) is 9.98. The molecule has 0 bridgehead atoms.